The van der Waals surface area contributed by atoms with Gasteiger partial charge in [0, 0.05) is 24.3 Å². The molecule has 1 aliphatic heterocycles. The van der Waals surface area contributed by atoms with Gasteiger partial charge in [0.05, 0.1) is 5.57 Å². The Kier molecular flexibility index (Phi) is 4.40. The number of hydrogen-bond donors (Lipinski definition) is 0. The number of amides is 2. The molecular weight excluding hydrogens is 324 g/mol. The number of anilines is 1. The Morgan fingerprint density at radius 1 is 0.958 bits per heavy atom. The van der Waals surface area contributed by atoms with Crippen LogP contribution in [0.5, 0.6) is 0 Å². The predicted octanol–water partition coefficient (Wildman–Crippen LogP) is 3.58. The fourth-order valence-corrected chi connectivity index (χ4v) is 2.96. The van der Waals surface area contributed by atoms with E-state index in [4.69, 9.17) is 11.6 Å². The summed E-state index contributed by atoms with van der Waals surface area (Å²) in [6.07, 6.45) is 0. The van der Waals surface area contributed by atoms with Gasteiger partial charge in [-0.05, 0) is 36.8 Å². The molecule has 0 saturated heterocycles. The molecule has 0 aliphatic carbocycles. The summed E-state index contributed by atoms with van der Waals surface area (Å²) in [5, 5.41) is 0.585. The molecule has 24 heavy (non-hydrogen) atoms. The number of carbonyl (C=O) groups excluding carboxylic acids is 2. The number of carbonyl (C=O) groups is 2. The molecule has 3 rings (SSSR count). The molecule has 2 aromatic carbocycles. The lowest BCUT2D eigenvalue weighted by Crippen LogP contribution is -2.32. The lowest BCUT2D eigenvalue weighted by atomic mass is 10.0. The van der Waals surface area contributed by atoms with Crippen molar-refractivity contribution in [3.05, 3.63) is 70.9 Å². The average molecular weight is 341 g/mol. The van der Waals surface area contributed by atoms with E-state index in [1.54, 1.807) is 24.3 Å². The van der Waals surface area contributed by atoms with E-state index in [9.17, 15) is 9.59 Å². The molecule has 1 aliphatic rings. The first-order chi connectivity index (χ1) is 11.5. The zero-order chi connectivity index (χ0) is 17.3. The minimum atomic E-state index is -0.299. The van der Waals surface area contributed by atoms with Crippen molar-refractivity contribution in [3.63, 3.8) is 0 Å². The summed E-state index contributed by atoms with van der Waals surface area (Å²) < 4.78 is 0. The van der Waals surface area contributed by atoms with Crippen molar-refractivity contribution in [2.45, 2.75) is 6.92 Å². The molecule has 0 fully saturated rings. The SMILES string of the molecule is CCN(C1=C(c2ccc(Cl)cc2)C(=O)N(C)C1=O)c1ccccc1. The molecule has 0 radical (unpaired) electrons. The maximum absolute atomic E-state index is 12.7. The fourth-order valence-electron chi connectivity index (χ4n) is 2.83. The van der Waals surface area contributed by atoms with E-state index in [1.165, 1.54) is 7.05 Å². The Morgan fingerprint density at radius 3 is 2.17 bits per heavy atom. The van der Waals surface area contributed by atoms with Gasteiger partial charge in [-0.25, -0.2) is 0 Å². The number of benzene rings is 2. The van der Waals surface area contributed by atoms with Crippen LogP contribution in [0.3, 0.4) is 0 Å². The molecule has 0 N–H and O–H groups in total. The van der Waals surface area contributed by atoms with Crippen molar-refractivity contribution < 1.29 is 9.59 Å². The number of nitrogens with zero attached hydrogens (tertiary/aromatic N) is 2. The maximum atomic E-state index is 12.7. The molecule has 4 nitrogen and oxygen atoms in total. The summed E-state index contributed by atoms with van der Waals surface area (Å²) in [6, 6.07) is 16.5. The van der Waals surface area contributed by atoms with Crippen LogP contribution in [0.1, 0.15) is 12.5 Å². The number of rotatable bonds is 4. The van der Waals surface area contributed by atoms with Crippen molar-refractivity contribution in [2.75, 3.05) is 18.5 Å². The van der Waals surface area contributed by atoms with Crippen LogP contribution in [0.25, 0.3) is 5.57 Å². The van der Waals surface area contributed by atoms with Crippen molar-refractivity contribution in [2.24, 2.45) is 0 Å². The van der Waals surface area contributed by atoms with E-state index in [-0.39, 0.29) is 11.8 Å². The third kappa shape index (κ3) is 2.69. The Bertz CT molecular complexity index is 813. The van der Waals surface area contributed by atoms with Crippen molar-refractivity contribution in [3.8, 4) is 0 Å². The van der Waals surface area contributed by atoms with E-state index in [2.05, 4.69) is 0 Å². The molecule has 2 aromatic rings. The molecule has 0 atom stereocenters. The first-order valence-electron chi connectivity index (χ1n) is 7.69. The Labute approximate surface area is 145 Å². The van der Waals surface area contributed by atoms with Crippen LogP contribution in [-0.4, -0.2) is 30.3 Å². The van der Waals surface area contributed by atoms with Gasteiger partial charge in [-0.15, -0.1) is 0 Å². The molecule has 122 valence electrons. The lowest BCUT2D eigenvalue weighted by Gasteiger charge is -2.24. The van der Waals surface area contributed by atoms with Gasteiger partial charge < -0.3 is 4.90 Å². The number of imide groups is 1. The van der Waals surface area contributed by atoms with Gasteiger partial charge in [-0.1, -0.05) is 41.9 Å². The van der Waals surface area contributed by atoms with Gasteiger partial charge in [0.2, 0.25) is 0 Å². The van der Waals surface area contributed by atoms with Crippen molar-refractivity contribution in [1.82, 2.24) is 4.90 Å². The van der Waals surface area contributed by atoms with Gasteiger partial charge in [-0.3, -0.25) is 14.5 Å². The zero-order valence-corrected chi connectivity index (χ0v) is 14.2. The Morgan fingerprint density at radius 2 is 1.58 bits per heavy atom. The van der Waals surface area contributed by atoms with E-state index >= 15 is 0 Å². The van der Waals surface area contributed by atoms with Crippen molar-refractivity contribution in [1.29, 1.82) is 0 Å². The van der Waals surface area contributed by atoms with Gasteiger partial charge in [0.15, 0.2) is 0 Å². The van der Waals surface area contributed by atoms with Crippen molar-refractivity contribution >= 4 is 34.7 Å². The molecule has 2 amide bonds. The summed E-state index contributed by atoms with van der Waals surface area (Å²) in [7, 11) is 1.51. The van der Waals surface area contributed by atoms with E-state index in [1.807, 2.05) is 42.2 Å². The van der Waals surface area contributed by atoms with Crippen LogP contribution in [0, 0.1) is 0 Å². The Balaban J connectivity index is 2.19. The normalized spacial score (nSPS) is 14.5. The lowest BCUT2D eigenvalue weighted by molar-refractivity contribution is -0.135. The largest absolute Gasteiger partial charge is 0.337 e. The highest BCUT2D eigenvalue weighted by Gasteiger charge is 2.39. The van der Waals surface area contributed by atoms with Gasteiger partial charge in [0.25, 0.3) is 11.8 Å². The number of likely N-dealkylation sites (N-methyl/N-ethyl adjacent to an activating group) is 2. The van der Waals surface area contributed by atoms with Gasteiger partial charge in [-0.2, -0.15) is 0 Å². The second-order valence-corrected chi connectivity index (χ2v) is 5.92. The number of halogens is 1. The minimum Gasteiger partial charge on any atom is -0.337 e. The van der Waals surface area contributed by atoms with Crippen LogP contribution >= 0.6 is 11.6 Å². The molecule has 0 aromatic heterocycles. The topological polar surface area (TPSA) is 40.6 Å². The molecular formula is C19H17ClN2O2. The summed E-state index contributed by atoms with van der Waals surface area (Å²) in [5.41, 5.74) is 2.37. The van der Waals surface area contributed by atoms with E-state index < -0.39 is 0 Å². The van der Waals surface area contributed by atoms with Crippen LogP contribution in [0.4, 0.5) is 5.69 Å². The zero-order valence-electron chi connectivity index (χ0n) is 13.5. The van der Waals surface area contributed by atoms with Gasteiger partial charge >= 0.3 is 0 Å². The highest BCUT2D eigenvalue weighted by Crippen LogP contribution is 2.33. The standard InChI is InChI=1S/C19H17ClN2O2/c1-3-22(15-7-5-4-6-8-15)17-16(18(23)21(2)19(17)24)13-9-11-14(20)12-10-13/h4-12H,3H2,1-2H3. The van der Waals surface area contributed by atoms with Crippen LogP contribution in [0.2, 0.25) is 5.02 Å². The number of hydrogen-bond acceptors (Lipinski definition) is 3. The maximum Gasteiger partial charge on any atom is 0.277 e. The molecule has 1 heterocycles. The van der Waals surface area contributed by atoms with E-state index in [0.717, 1.165) is 10.6 Å². The molecule has 5 heteroatoms. The second-order valence-electron chi connectivity index (χ2n) is 5.48. The molecule has 0 spiro atoms. The molecule has 0 saturated carbocycles. The average Bonchev–Trinajstić information content (AvgIpc) is 2.82. The summed E-state index contributed by atoms with van der Waals surface area (Å²) >= 11 is 5.95. The second kappa shape index (κ2) is 6.49. The van der Waals surface area contributed by atoms with Gasteiger partial charge in [0.1, 0.15) is 5.70 Å². The highest BCUT2D eigenvalue weighted by atomic mass is 35.5. The summed E-state index contributed by atoms with van der Waals surface area (Å²) in [6.45, 7) is 2.53. The van der Waals surface area contributed by atoms with Crippen LogP contribution in [0.15, 0.2) is 60.3 Å². The van der Waals surface area contributed by atoms with Crippen LogP contribution in [-0.2, 0) is 9.59 Å². The Hall–Kier alpha value is -2.59. The number of para-hydroxylation sites is 1. The molecule has 0 unspecified atom stereocenters. The first kappa shape index (κ1) is 16.3. The minimum absolute atomic E-state index is 0.296. The quantitative estimate of drug-likeness (QED) is 0.799. The fraction of sp³-hybridized carbons (Fsp3) is 0.158. The smallest absolute Gasteiger partial charge is 0.277 e. The summed E-state index contributed by atoms with van der Waals surface area (Å²) in [5.74, 6) is -0.595. The van der Waals surface area contributed by atoms with E-state index in [0.29, 0.717) is 28.4 Å². The monoisotopic (exact) mass is 340 g/mol. The first-order valence-corrected chi connectivity index (χ1v) is 8.07. The predicted molar refractivity (Wildman–Crippen MR) is 95.6 cm³/mol. The van der Waals surface area contributed by atoms with Crippen LogP contribution < -0.4 is 4.90 Å². The third-order valence-electron chi connectivity index (χ3n) is 4.05. The third-order valence-corrected chi connectivity index (χ3v) is 4.30. The summed E-state index contributed by atoms with van der Waals surface area (Å²) in [4.78, 5) is 28.4. The molecule has 0 bridgehead atoms. The highest BCUT2D eigenvalue weighted by molar-refractivity contribution is 6.37.